The average molecular weight is 376 g/mol. The Balaban J connectivity index is 1.93. The fraction of sp³-hybridized carbons (Fsp3) is 0.333. The van der Waals surface area contributed by atoms with Crippen LogP contribution in [0.15, 0.2) is 41.0 Å². The van der Waals surface area contributed by atoms with Crippen molar-refractivity contribution in [2.75, 3.05) is 17.2 Å². The summed E-state index contributed by atoms with van der Waals surface area (Å²) in [6.45, 7) is 5.07. The maximum atomic E-state index is 12.2. The third-order valence-corrected chi connectivity index (χ3v) is 4.42. The van der Waals surface area contributed by atoms with Crippen LogP contribution in [0.25, 0.3) is 0 Å². The number of hydrogen-bond acceptors (Lipinski definition) is 3. The van der Waals surface area contributed by atoms with Crippen LogP contribution in [0.3, 0.4) is 0 Å². The van der Waals surface area contributed by atoms with Gasteiger partial charge in [-0.2, -0.15) is 0 Å². The maximum absolute atomic E-state index is 12.2. The van der Waals surface area contributed by atoms with E-state index >= 15 is 0 Å². The van der Waals surface area contributed by atoms with Crippen molar-refractivity contribution in [3.05, 3.63) is 52.1 Å². The molecule has 0 bridgehead atoms. The predicted molar refractivity (Wildman–Crippen MR) is 99.1 cm³/mol. The number of nitrogens with zero attached hydrogens (tertiary/aromatic N) is 1. The first-order chi connectivity index (χ1) is 11.1. The second kappa shape index (κ2) is 8.67. The minimum atomic E-state index is -0.156. The molecule has 2 N–H and O–H groups in total. The molecule has 0 spiro atoms. The molecule has 4 nitrogen and oxygen atoms in total. The van der Waals surface area contributed by atoms with Gasteiger partial charge in [-0.05, 0) is 49.2 Å². The van der Waals surface area contributed by atoms with Crippen LogP contribution in [-0.2, 0) is 0 Å². The summed E-state index contributed by atoms with van der Waals surface area (Å²) < 4.78 is 1.02. The van der Waals surface area contributed by atoms with Gasteiger partial charge in [0, 0.05) is 22.9 Å². The van der Waals surface area contributed by atoms with Crippen LogP contribution >= 0.6 is 15.9 Å². The van der Waals surface area contributed by atoms with Gasteiger partial charge in [-0.1, -0.05) is 35.7 Å². The zero-order valence-electron chi connectivity index (χ0n) is 13.5. The molecule has 0 radical (unpaired) electrons. The third kappa shape index (κ3) is 5.36. The molecule has 0 saturated heterocycles. The predicted octanol–water partition coefficient (Wildman–Crippen LogP) is 5.01. The maximum Gasteiger partial charge on any atom is 0.257 e. The molecule has 0 saturated carbocycles. The fourth-order valence-corrected chi connectivity index (χ4v) is 2.40. The molecule has 0 unspecified atom stereocenters. The Morgan fingerprint density at radius 3 is 2.70 bits per heavy atom. The van der Waals surface area contributed by atoms with E-state index in [2.05, 4.69) is 38.5 Å². The summed E-state index contributed by atoms with van der Waals surface area (Å²) in [5.41, 5.74) is 2.40. The summed E-state index contributed by atoms with van der Waals surface area (Å²) in [5, 5.41) is 6.15. The van der Waals surface area contributed by atoms with E-state index in [1.54, 1.807) is 12.3 Å². The SMILES string of the molecule is CCCCCNc1ccc(C(=O)Nc2ccc(Br)c(C)c2)cn1. The molecule has 1 aromatic carbocycles. The van der Waals surface area contributed by atoms with Crippen molar-refractivity contribution in [2.24, 2.45) is 0 Å². The van der Waals surface area contributed by atoms with Crippen molar-refractivity contribution in [1.29, 1.82) is 0 Å². The highest BCUT2D eigenvalue weighted by molar-refractivity contribution is 9.10. The van der Waals surface area contributed by atoms with E-state index in [-0.39, 0.29) is 5.91 Å². The number of halogens is 1. The lowest BCUT2D eigenvalue weighted by Gasteiger charge is -2.08. The van der Waals surface area contributed by atoms with Crippen LogP contribution in [0.1, 0.15) is 42.1 Å². The Bertz CT molecular complexity index is 656. The van der Waals surface area contributed by atoms with Crippen LogP contribution in [0.4, 0.5) is 11.5 Å². The Labute approximate surface area is 145 Å². The number of hydrogen-bond donors (Lipinski definition) is 2. The van der Waals surface area contributed by atoms with E-state index in [0.29, 0.717) is 5.56 Å². The molecule has 122 valence electrons. The smallest absolute Gasteiger partial charge is 0.257 e. The molecule has 2 rings (SSSR count). The normalized spacial score (nSPS) is 10.4. The van der Waals surface area contributed by atoms with Gasteiger partial charge in [0.05, 0.1) is 5.56 Å². The third-order valence-electron chi connectivity index (χ3n) is 3.53. The summed E-state index contributed by atoms with van der Waals surface area (Å²) in [6.07, 6.45) is 5.14. The van der Waals surface area contributed by atoms with E-state index in [1.165, 1.54) is 12.8 Å². The van der Waals surface area contributed by atoms with Gasteiger partial charge >= 0.3 is 0 Å². The van der Waals surface area contributed by atoms with E-state index in [9.17, 15) is 4.79 Å². The van der Waals surface area contributed by atoms with Crippen molar-refractivity contribution < 1.29 is 4.79 Å². The molecule has 1 heterocycles. The first-order valence-corrected chi connectivity index (χ1v) is 8.67. The highest BCUT2D eigenvalue weighted by Crippen LogP contribution is 2.20. The summed E-state index contributed by atoms with van der Waals surface area (Å²) in [5.74, 6) is 0.647. The van der Waals surface area contributed by atoms with Crippen molar-refractivity contribution >= 4 is 33.3 Å². The number of rotatable bonds is 7. The van der Waals surface area contributed by atoms with Gasteiger partial charge in [-0.3, -0.25) is 4.79 Å². The first-order valence-electron chi connectivity index (χ1n) is 7.87. The van der Waals surface area contributed by atoms with Gasteiger partial charge in [-0.25, -0.2) is 4.98 Å². The van der Waals surface area contributed by atoms with Crippen LogP contribution in [0, 0.1) is 6.92 Å². The quantitative estimate of drug-likeness (QED) is 0.668. The van der Waals surface area contributed by atoms with Crippen molar-refractivity contribution in [3.63, 3.8) is 0 Å². The van der Waals surface area contributed by atoms with Crippen molar-refractivity contribution in [3.8, 4) is 0 Å². The second-order valence-electron chi connectivity index (χ2n) is 5.48. The number of carbonyl (C=O) groups is 1. The molecule has 5 heteroatoms. The second-order valence-corrected chi connectivity index (χ2v) is 6.34. The van der Waals surface area contributed by atoms with Gasteiger partial charge in [0.25, 0.3) is 5.91 Å². The van der Waals surface area contributed by atoms with Crippen LogP contribution in [-0.4, -0.2) is 17.4 Å². The average Bonchev–Trinajstić information content (AvgIpc) is 2.55. The molecule has 2 aromatic rings. The van der Waals surface area contributed by atoms with Crippen LogP contribution < -0.4 is 10.6 Å². The summed E-state index contributed by atoms with van der Waals surface area (Å²) in [4.78, 5) is 16.5. The Morgan fingerprint density at radius 2 is 2.04 bits per heavy atom. The molecular formula is C18H22BrN3O. The standard InChI is InChI=1S/C18H22BrN3O/c1-3-4-5-10-20-17-9-6-14(12-21-17)18(23)22-15-7-8-16(19)13(2)11-15/h6-9,11-12H,3-5,10H2,1-2H3,(H,20,21)(H,22,23). The van der Waals surface area contributed by atoms with Gasteiger partial charge in [0.1, 0.15) is 5.82 Å². The summed E-state index contributed by atoms with van der Waals surface area (Å²) in [6, 6.07) is 9.35. The van der Waals surface area contributed by atoms with Crippen molar-refractivity contribution in [1.82, 2.24) is 4.98 Å². The number of unbranched alkanes of at least 4 members (excludes halogenated alkanes) is 2. The van der Waals surface area contributed by atoms with E-state index in [4.69, 9.17) is 0 Å². The highest BCUT2D eigenvalue weighted by atomic mass is 79.9. The van der Waals surface area contributed by atoms with E-state index < -0.39 is 0 Å². The molecule has 1 amide bonds. The molecule has 1 aromatic heterocycles. The first kappa shape index (κ1) is 17.5. The van der Waals surface area contributed by atoms with Crippen LogP contribution in [0.2, 0.25) is 0 Å². The summed E-state index contributed by atoms with van der Waals surface area (Å²) >= 11 is 3.45. The molecule has 0 atom stereocenters. The monoisotopic (exact) mass is 375 g/mol. The minimum absolute atomic E-state index is 0.156. The number of aryl methyl sites for hydroxylation is 1. The summed E-state index contributed by atoms with van der Waals surface area (Å²) in [7, 11) is 0. The number of pyridine rings is 1. The Kier molecular flexibility index (Phi) is 6.59. The van der Waals surface area contributed by atoms with Gasteiger partial charge < -0.3 is 10.6 Å². The number of anilines is 2. The lowest BCUT2D eigenvalue weighted by molar-refractivity contribution is 0.102. The highest BCUT2D eigenvalue weighted by Gasteiger charge is 2.07. The van der Waals surface area contributed by atoms with Gasteiger partial charge in [0.15, 0.2) is 0 Å². The number of aromatic nitrogens is 1. The molecular weight excluding hydrogens is 354 g/mol. The molecule has 0 aliphatic carbocycles. The lowest BCUT2D eigenvalue weighted by atomic mass is 10.2. The number of carbonyl (C=O) groups excluding carboxylic acids is 1. The van der Waals surface area contributed by atoms with Crippen LogP contribution in [0.5, 0.6) is 0 Å². The van der Waals surface area contributed by atoms with Gasteiger partial charge in [-0.15, -0.1) is 0 Å². The Morgan fingerprint density at radius 1 is 1.22 bits per heavy atom. The number of amides is 1. The van der Waals surface area contributed by atoms with E-state index in [1.807, 2.05) is 31.2 Å². The fourth-order valence-electron chi connectivity index (χ4n) is 2.15. The zero-order chi connectivity index (χ0) is 16.7. The van der Waals surface area contributed by atoms with E-state index in [0.717, 1.165) is 34.5 Å². The Hall–Kier alpha value is -1.88. The molecule has 0 aliphatic heterocycles. The molecule has 0 aliphatic rings. The van der Waals surface area contributed by atoms with Gasteiger partial charge in [0.2, 0.25) is 0 Å². The number of nitrogens with one attached hydrogen (secondary N) is 2. The zero-order valence-corrected chi connectivity index (χ0v) is 15.1. The largest absolute Gasteiger partial charge is 0.370 e. The lowest BCUT2D eigenvalue weighted by Crippen LogP contribution is -2.12. The van der Waals surface area contributed by atoms with Crippen molar-refractivity contribution in [2.45, 2.75) is 33.1 Å². The molecule has 23 heavy (non-hydrogen) atoms. The topological polar surface area (TPSA) is 54.0 Å². The minimum Gasteiger partial charge on any atom is -0.370 e. The molecule has 0 fully saturated rings. The number of benzene rings is 1.